The molecule has 0 radical (unpaired) electrons. The van der Waals surface area contributed by atoms with E-state index in [0.29, 0.717) is 18.1 Å². The van der Waals surface area contributed by atoms with E-state index in [1.54, 1.807) is 23.3 Å². The van der Waals surface area contributed by atoms with E-state index in [1.165, 1.54) is 16.6 Å². The second kappa shape index (κ2) is 9.32. The molecule has 0 unspecified atom stereocenters. The van der Waals surface area contributed by atoms with Crippen LogP contribution < -0.4 is 0 Å². The lowest BCUT2D eigenvalue weighted by Gasteiger charge is -2.15. The molecule has 0 saturated carbocycles. The Labute approximate surface area is 183 Å². The van der Waals surface area contributed by atoms with Crippen molar-refractivity contribution in [1.29, 1.82) is 0 Å². The van der Waals surface area contributed by atoms with Crippen molar-refractivity contribution >= 4 is 29.0 Å². The van der Waals surface area contributed by atoms with Gasteiger partial charge in [-0.2, -0.15) is 0 Å². The van der Waals surface area contributed by atoms with Gasteiger partial charge in [-0.3, -0.25) is 9.36 Å². The SMILES string of the molecule is Cc1ccc(CN(C)C(=O)CSc2nnc(Cc3cccs3)n2-c2ccccc2)o1. The molecule has 0 saturated heterocycles. The van der Waals surface area contributed by atoms with Crippen molar-refractivity contribution < 1.29 is 9.21 Å². The molecule has 0 aliphatic heterocycles. The number of rotatable bonds is 8. The van der Waals surface area contributed by atoms with Gasteiger partial charge in [0.15, 0.2) is 5.16 Å². The monoisotopic (exact) mass is 438 g/mol. The van der Waals surface area contributed by atoms with E-state index in [2.05, 4.69) is 21.6 Å². The fourth-order valence-electron chi connectivity index (χ4n) is 3.04. The van der Waals surface area contributed by atoms with Gasteiger partial charge in [0, 0.05) is 24.0 Å². The van der Waals surface area contributed by atoms with Crippen molar-refractivity contribution in [3.63, 3.8) is 0 Å². The number of aryl methyl sites for hydroxylation is 1. The fraction of sp³-hybridized carbons (Fsp3) is 0.227. The minimum absolute atomic E-state index is 0.0106. The molecule has 30 heavy (non-hydrogen) atoms. The number of thioether (sulfide) groups is 1. The molecular formula is C22H22N4O2S2. The number of nitrogens with zero attached hydrogens (tertiary/aromatic N) is 4. The van der Waals surface area contributed by atoms with Crippen LogP contribution in [0.4, 0.5) is 0 Å². The van der Waals surface area contributed by atoms with Crippen LogP contribution in [-0.2, 0) is 17.8 Å². The molecule has 0 atom stereocenters. The second-order valence-corrected chi connectivity index (χ2v) is 8.85. The van der Waals surface area contributed by atoms with E-state index >= 15 is 0 Å². The Bertz CT molecular complexity index is 1100. The van der Waals surface area contributed by atoms with Crippen LogP contribution in [0, 0.1) is 6.92 Å². The Morgan fingerprint density at radius 3 is 2.67 bits per heavy atom. The quantitative estimate of drug-likeness (QED) is 0.377. The maximum atomic E-state index is 12.6. The first kappa shape index (κ1) is 20.4. The number of furan rings is 1. The smallest absolute Gasteiger partial charge is 0.233 e. The van der Waals surface area contributed by atoms with Crippen LogP contribution in [0.15, 0.2) is 69.6 Å². The molecule has 1 aromatic carbocycles. The van der Waals surface area contributed by atoms with Gasteiger partial charge in [-0.15, -0.1) is 21.5 Å². The third-order valence-electron chi connectivity index (χ3n) is 4.57. The van der Waals surface area contributed by atoms with Crippen molar-refractivity contribution in [2.24, 2.45) is 0 Å². The predicted molar refractivity (Wildman–Crippen MR) is 119 cm³/mol. The highest BCUT2D eigenvalue weighted by Crippen LogP contribution is 2.25. The number of thiophene rings is 1. The van der Waals surface area contributed by atoms with Crippen LogP contribution in [0.2, 0.25) is 0 Å². The normalized spacial score (nSPS) is 11.0. The van der Waals surface area contributed by atoms with Crippen LogP contribution in [0.1, 0.15) is 22.2 Å². The molecule has 4 aromatic rings. The molecule has 0 fully saturated rings. The highest BCUT2D eigenvalue weighted by molar-refractivity contribution is 7.99. The van der Waals surface area contributed by atoms with Crippen molar-refractivity contribution in [1.82, 2.24) is 19.7 Å². The summed E-state index contributed by atoms with van der Waals surface area (Å²) in [5.74, 6) is 2.77. The first-order chi connectivity index (χ1) is 14.6. The predicted octanol–water partition coefficient (Wildman–Crippen LogP) is 4.57. The van der Waals surface area contributed by atoms with Crippen LogP contribution in [0.25, 0.3) is 5.69 Å². The molecule has 3 heterocycles. The molecule has 4 rings (SSSR count). The minimum atomic E-state index is 0.0106. The van der Waals surface area contributed by atoms with Gasteiger partial charge in [0.05, 0.1) is 12.3 Å². The number of benzene rings is 1. The van der Waals surface area contributed by atoms with Gasteiger partial charge in [0.1, 0.15) is 17.3 Å². The van der Waals surface area contributed by atoms with Gasteiger partial charge in [0.25, 0.3) is 0 Å². The molecule has 0 spiro atoms. The summed E-state index contributed by atoms with van der Waals surface area (Å²) in [5.41, 5.74) is 0.989. The lowest BCUT2D eigenvalue weighted by Crippen LogP contribution is -2.27. The molecular weight excluding hydrogens is 416 g/mol. The number of aromatic nitrogens is 3. The summed E-state index contributed by atoms with van der Waals surface area (Å²) in [6.07, 6.45) is 0.700. The average molecular weight is 439 g/mol. The largest absolute Gasteiger partial charge is 0.464 e. The Kier molecular flexibility index (Phi) is 6.35. The van der Waals surface area contributed by atoms with Gasteiger partial charge in [-0.1, -0.05) is 36.0 Å². The molecule has 6 nitrogen and oxygen atoms in total. The van der Waals surface area contributed by atoms with Crippen molar-refractivity contribution in [2.75, 3.05) is 12.8 Å². The second-order valence-electron chi connectivity index (χ2n) is 6.88. The van der Waals surface area contributed by atoms with Crippen LogP contribution in [0.3, 0.4) is 0 Å². The van der Waals surface area contributed by atoms with Gasteiger partial charge in [-0.05, 0) is 42.6 Å². The zero-order valence-electron chi connectivity index (χ0n) is 16.8. The molecule has 0 aliphatic rings. The summed E-state index contributed by atoms with van der Waals surface area (Å²) in [6, 6.07) is 17.9. The topological polar surface area (TPSA) is 64.2 Å². The standard InChI is InChI=1S/C22H22N4O2S2/c1-16-10-11-18(28-16)14-25(2)21(27)15-30-22-24-23-20(13-19-9-6-12-29-19)26(22)17-7-4-3-5-8-17/h3-12H,13-15H2,1-2H3. The number of carbonyl (C=O) groups is 1. The van der Waals surface area contributed by atoms with Gasteiger partial charge in [-0.25, -0.2) is 0 Å². The maximum absolute atomic E-state index is 12.6. The van der Waals surface area contributed by atoms with Crippen molar-refractivity contribution in [3.05, 3.63) is 82.2 Å². The summed E-state index contributed by atoms with van der Waals surface area (Å²) in [5, 5.41) is 11.6. The maximum Gasteiger partial charge on any atom is 0.233 e. The van der Waals surface area contributed by atoms with E-state index in [9.17, 15) is 4.79 Å². The summed E-state index contributed by atoms with van der Waals surface area (Å²) in [7, 11) is 1.78. The van der Waals surface area contributed by atoms with Gasteiger partial charge in [0.2, 0.25) is 5.91 Å². The zero-order valence-corrected chi connectivity index (χ0v) is 18.4. The molecule has 0 N–H and O–H groups in total. The summed E-state index contributed by atoms with van der Waals surface area (Å²) >= 11 is 3.10. The number of hydrogen-bond acceptors (Lipinski definition) is 6. The van der Waals surface area contributed by atoms with Crippen molar-refractivity contribution in [2.45, 2.75) is 25.0 Å². The van der Waals surface area contributed by atoms with E-state index in [1.807, 2.05) is 60.0 Å². The molecule has 8 heteroatoms. The lowest BCUT2D eigenvalue weighted by molar-refractivity contribution is -0.127. The first-order valence-electron chi connectivity index (χ1n) is 9.54. The average Bonchev–Trinajstić information content (AvgIpc) is 3.49. The number of hydrogen-bond donors (Lipinski definition) is 0. The van der Waals surface area contributed by atoms with E-state index in [0.717, 1.165) is 23.0 Å². The van der Waals surface area contributed by atoms with E-state index in [-0.39, 0.29) is 11.7 Å². The van der Waals surface area contributed by atoms with E-state index in [4.69, 9.17) is 4.42 Å². The van der Waals surface area contributed by atoms with Crippen LogP contribution in [-0.4, -0.2) is 38.4 Å². The third kappa shape index (κ3) is 4.83. The molecule has 0 aliphatic carbocycles. The zero-order chi connectivity index (χ0) is 20.9. The highest BCUT2D eigenvalue weighted by Gasteiger charge is 2.18. The Morgan fingerprint density at radius 1 is 1.13 bits per heavy atom. The van der Waals surface area contributed by atoms with Gasteiger partial charge >= 0.3 is 0 Å². The molecule has 1 amide bonds. The van der Waals surface area contributed by atoms with Crippen LogP contribution >= 0.6 is 23.1 Å². The highest BCUT2D eigenvalue weighted by atomic mass is 32.2. The number of amides is 1. The summed E-state index contributed by atoms with van der Waals surface area (Å²) in [4.78, 5) is 15.5. The fourth-order valence-corrected chi connectivity index (χ4v) is 4.66. The minimum Gasteiger partial charge on any atom is -0.464 e. The Hall–Kier alpha value is -2.84. The molecule has 3 aromatic heterocycles. The molecule has 154 valence electrons. The summed E-state index contributed by atoms with van der Waals surface area (Å²) in [6.45, 7) is 2.34. The third-order valence-corrected chi connectivity index (χ3v) is 6.36. The van der Waals surface area contributed by atoms with E-state index < -0.39 is 0 Å². The number of para-hydroxylation sites is 1. The molecule has 0 bridgehead atoms. The lowest BCUT2D eigenvalue weighted by atomic mass is 10.3. The summed E-state index contributed by atoms with van der Waals surface area (Å²) < 4.78 is 7.61. The van der Waals surface area contributed by atoms with Gasteiger partial charge < -0.3 is 9.32 Å². The Balaban J connectivity index is 1.49. The first-order valence-corrected chi connectivity index (χ1v) is 11.4. The van der Waals surface area contributed by atoms with Crippen molar-refractivity contribution in [3.8, 4) is 5.69 Å². The number of carbonyl (C=O) groups excluding carboxylic acids is 1. The van der Waals surface area contributed by atoms with Crippen LogP contribution in [0.5, 0.6) is 0 Å². The Morgan fingerprint density at radius 2 is 1.97 bits per heavy atom.